The van der Waals surface area contributed by atoms with Gasteiger partial charge >= 0.3 is 0 Å². The van der Waals surface area contributed by atoms with Crippen LogP contribution < -0.4 is 5.32 Å². The Labute approximate surface area is 111 Å². The highest BCUT2D eigenvalue weighted by atomic mass is 15.0. The first-order valence-electron chi connectivity index (χ1n) is 6.36. The Morgan fingerprint density at radius 2 is 1.89 bits per heavy atom. The maximum absolute atomic E-state index is 4.70. The Morgan fingerprint density at radius 3 is 2.68 bits per heavy atom. The van der Waals surface area contributed by atoms with E-state index in [4.69, 9.17) is 4.98 Å². The van der Waals surface area contributed by atoms with E-state index in [0.717, 1.165) is 22.4 Å². The molecule has 0 saturated carbocycles. The summed E-state index contributed by atoms with van der Waals surface area (Å²) in [5.74, 6) is 0.771. The molecule has 0 atom stereocenters. The standard InChI is InChI=1S/C15H16N4/c1-9-4-5-10(2)14-12(9)6-11-7-17-13(8-16-3)18-15(11)19-14/h4-7,16H,8H2,1-3H3. The monoisotopic (exact) mass is 252 g/mol. The molecule has 2 aromatic heterocycles. The number of aryl methyl sites for hydroxylation is 2. The molecule has 2 heterocycles. The number of nitrogens with one attached hydrogen (secondary N) is 1. The first kappa shape index (κ1) is 12.0. The molecule has 0 amide bonds. The normalized spacial score (nSPS) is 11.3. The Hall–Kier alpha value is -2.07. The maximum atomic E-state index is 4.70. The zero-order chi connectivity index (χ0) is 13.4. The van der Waals surface area contributed by atoms with Crippen LogP contribution in [-0.2, 0) is 6.54 Å². The van der Waals surface area contributed by atoms with Gasteiger partial charge in [-0.15, -0.1) is 0 Å². The van der Waals surface area contributed by atoms with Crippen LogP contribution in [0.25, 0.3) is 21.9 Å². The van der Waals surface area contributed by atoms with Crippen LogP contribution in [0.15, 0.2) is 24.4 Å². The molecule has 0 fully saturated rings. The van der Waals surface area contributed by atoms with Crippen LogP contribution in [0.1, 0.15) is 17.0 Å². The van der Waals surface area contributed by atoms with E-state index < -0.39 is 0 Å². The number of hydrogen-bond donors (Lipinski definition) is 1. The van der Waals surface area contributed by atoms with Crippen molar-refractivity contribution in [3.63, 3.8) is 0 Å². The molecular weight excluding hydrogens is 236 g/mol. The fourth-order valence-electron chi connectivity index (χ4n) is 2.26. The van der Waals surface area contributed by atoms with Gasteiger partial charge < -0.3 is 5.32 Å². The smallest absolute Gasteiger partial charge is 0.163 e. The van der Waals surface area contributed by atoms with Gasteiger partial charge in [0.05, 0.1) is 12.1 Å². The van der Waals surface area contributed by atoms with Gasteiger partial charge in [0.2, 0.25) is 0 Å². The van der Waals surface area contributed by atoms with E-state index in [1.54, 1.807) is 0 Å². The number of benzene rings is 1. The summed E-state index contributed by atoms with van der Waals surface area (Å²) in [6.45, 7) is 4.84. The van der Waals surface area contributed by atoms with Crippen LogP contribution in [0.4, 0.5) is 0 Å². The van der Waals surface area contributed by atoms with Gasteiger partial charge in [-0.05, 0) is 38.1 Å². The quantitative estimate of drug-likeness (QED) is 0.712. The molecule has 4 nitrogen and oxygen atoms in total. The first-order chi connectivity index (χ1) is 9.19. The van der Waals surface area contributed by atoms with Gasteiger partial charge in [-0.25, -0.2) is 15.0 Å². The zero-order valence-electron chi connectivity index (χ0n) is 11.4. The molecule has 3 rings (SSSR count). The average Bonchev–Trinajstić information content (AvgIpc) is 2.42. The van der Waals surface area contributed by atoms with Crippen molar-refractivity contribution in [1.82, 2.24) is 20.3 Å². The summed E-state index contributed by atoms with van der Waals surface area (Å²) in [6.07, 6.45) is 1.85. The molecule has 0 aliphatic carbocycles. The van der Waals surface area contributed by atoms with Crippen LogP contribution in [0, 0.1) is 13.8 Å². The number of rotatable bonds is 2. The summed E-state index contributed by atoms with van der Waals surface area (Å²) in [4.78, 5) is 13.5. The maximum Gasteiger partial charge on any atom is 0.163 e. The molecule has 19 heavy (non-hydrogen) atoms. The summed E-state index contributed by atoms with van der Waals surface area (Å²) in [5.41, 5.74) is 4.20. The molecule has 4 heteroatoms. The Kier molecular flexibility index (Phi) is 2.87. The molecule has 0 unspecified atom stereocenters. The third kappa shape index (κ3) is 2.04. The van der Waals surface area contributed by atoms with E-state index in [9.17, 15) is 0 Å². The van der Waals surface area contributed by atoms with Crippen molar-refractivity contribution in [1.29, 1.82) is 0 Å². The van der Waals surface area contributed by atoms with Crippen molar-refractivity contribution in [3.05, 3.63) is 41.3 Å². The molecule has 0 bridgehead atoms. The second kappa shape index (κ2) is 4.55. The predicted octanol–water partition coefficient (Wildman–Crippen LogP) is 2.51. The Balaban J connectivity index is 2.32. The summed E-state index contributed by atoms with van der Waals surface area (Å²) in [7, 11) is 1.88. The highest BCUT2D eigenvalue weighted by Crippen LogP contribution is 2.23. The molecule has 1 N–H and O–H groups in total. The first-order valence-corrected chi connectivity index (χ1v) is 6.36. The van der Waals surface area contributed by atoms with E-state index in [-0.39, 0.29) is 0 Å². The molecule has 0 radical (unpaired) electrons. The highest BCUT2D eigenvalue weighted by molar-refractivity contribution is 5.94. The van der Waals surface area contributed by atoms with Gasteiger partial charge in [-0.3, -0.25) is 0 Å². The summed E-state index contributed by atoms with van der Waals surface area (Å²) in [6, 6.07) is 6.36. The fraction of sp³-hybridized carbons (Fsp3) is 0.267. The lowest BCUT2D eigenvalue weighted by Gasteiger charge is -2.07. The van der Waals surface area contributed by atoms with Crippen LogP contribution >= 0.6 is 0 Å². The Morgan fingerprint density at radius 1 is 1.11 bits per heavy atom. The summed E-state index contributed by atoms with van der Waals surface area (Å²) < 4.78 is 0. The van der Waals surface area contributed by atoms with Crippen LogP contribution in [0.2, 0.25) is 0 Å². The van der Waals surface area contributed by atoms with E-state index in [1.807, 2.05) is 13.2 Å². The highest BCUT2D eigenvalue weighted by Gasteiger charge is 2.07. The number of hydrogen-bond acceptors (Lipinski definition) is 4. The average molecular weight is 252 g/mol. The summed E-state index contributed by atoms with van der Waals surface area (Å²) in [5, 5.41) is 5.22. The van der Waals surface area contributed by atoms with E-state index >= 15 is 0 Å². The van der Waals surface area contributed by atoms with Crippen molar-refractivity contribution in [2.75, 3.05) is 7.05 Å². The van der Waals surface area contributed by atoms with Crippen molar-refractivity contribution in [3.8, 4) is 0 Å². The summed E-state index contributed by atoms with van der Waals surface area (Å²) >= 11 is 0. The number of aromatic nitrogens is 3. The second-order valence-electron chi connectivity index (χ2n) is 4.81. The number of fused-ring (bicyclic) bond motifs is 2. The van der Waals surface area contributed by atoms with Gasteiger partial charge in [0.15, 0.2) is 5.65 Å². The van der Waals surface area contributed by atoms with Gasteiger partial charge in [-0.2, -0.15) is 0 Å². The fourth-order valence-corrected chi connectivity index (χ4v) is 2.26. The zero-order valence-corrected chi connectivity index (χ0v) is 11.4. The lowest BCUT2D eigenvalue weighted by Crippen LogP contribution is -2.09. The topological polar surface area (TPSA) is 50.7 Å². The van der Waals surface area contributed by atoms with Crippen molar-refractivity contribution in [2.45, 2.75) is 20.4 Å². The lowest BCUT2D eigenvalue weighted by atomic mass is 10.0. The third-order valence-corrected chi connectivity index (χ3v) is 3.34. The molecule has 3 aromatic rings. The van der Waals surface area contributed by atoms with Crippen LogP contribution in [0.5, 0.6) is 0 Å². The Bertz CT molecular complexity index is 765. The van der Waals surface area contributed by atoms with Crippen molar-refractivity contribution < 1.29 is 0 Å². The third-order valence-electron chi connectivity index (χ3n) is 3.34. The predicted molar refractivity (Wildman–Crippen MR) is 77.1 cm³/mol. The molecule has 1 aromatic carbocycles. The lowest BCUT2D eigenvalue weighted by molar-refractivity contribution is 0.763. The van der Waals surface area contributed by atoms with Crippen molar-refractivity contribution >= 4 is 21.9 Å². The minimum Gasteiger partial charge on any atom is -0.313 e. The molecule has 0 aliphatic rings. The number of pyridine rings is 1. The van der Waals surface area contributed by atoms with Gasteiger partial charge in [0.25, 0.3) is 0 Å². The largest absolute Gasteiger partial charge is 0.313 e. The number of nitrogens with zero attached hydrogens (tertiary/aromatic N) is 3. The minimum atomic E-state index is 0.655. The van der Waals surface area contributed by atoms with Gasteiger partial charge in [0.1, 0.15) is 5.82 Å². The molecule has 0 saturated heterocycles. The molecular formula is C15H16N4. The van der Waals surface area contributed by atoms with Gasteiger partial charge in [-0.1, -0.05) is 12.1 Å². The van der Waals surface area contributed by atoms with Gasteiger partial charge in [0, 0.05) is 17.0 Å². The van der Waals surface area contributed by atoms with Crippen molar-refractivity contribution in [2.24, 2.45) is 0 Å². The van der Waals surface area contributed by atoms with E-state index in [2.05, 4.69) is 47.3 Å². The van der Waals surface area contributed by atoms with Crippen LogP contribution in [-0.4, -0.2) is 22.0 Å². The molecule has 96 valence electrons. The van der Waals surface area contributed by atoms with Crippen LogP contribution in [0.3, 0.4) is 0 Å². The molecule has 0 aliphatic heterocycles. The SMILES string of the molecule is CNCc1ncc2cc3c(C)ccc(C)c3nc2n1. The van der Waals surface area contributed by atoms with E-state index in [0.29, 0.717) is 6.54 Å². The molecule has 0 spiro atoms. The van der Waals surface area contributed by atoms with E-state index in [1.165, 1.54) is 16.5 Å². The second-order valence-corrected chi connectivity index (χ2v) is 4.81. The minimum absolute atomic E-state index is 0.655.